The van der Waals surface area contributed by atoms with Crippen molar-refractivity contribution in [1.29, 1.82) is 0 Å². The summed E-state index contributed by atoms with van der Waals surface area (Å²) in [7, 11) is 0. The lowest BCUT2D eigenvalue weighted by molar-refractivity contribution is -0.117. The highest BCUT2D eigenvalue weighted by atomic mass is 16.2. The van der Waals surface area contributed by atoms with Crippen LogP contribution >= 0.6 is 0 Å². The van der Waals surface area contributed by atoms with E-state index >= 15 is 0 Å². The Bertz CT molecular complexity index is 561. The van der Waals surface area contributed by atoms with Gasteiger partial charge in [0.1, 0.15) is 0 Å². The molecule has 1 aromatic carbocycles. The largest absolute Gasteiger partial charge is 0.368 e. The van der Waals surface area contributed by atoms with Gasteiger partial charge in [-0.25, -0.2) is 4.98 Å². The van der Waals surface area contributed by atoms with Gasteiger partial charge in [-0.05, 0) is 17.7 Å². The van der Waals surface area contributed by atoms with Crippen molar-refractivity contribution in [3.63, 3.8) is 0 Å². The van der Waals surface area contributed by atoms with Crippen molar-refractivity contribution in [2.45, 2.75) is 6.54 Å². The highest BCUT2D eigenvalue weighted by molar-refractivity contribution is 5.96. The van der Waals surface area contributed by atoms with E-state index in [4.69, 9.17) is 5.73 Å². The molecule has 3 N–H and O–H groups in total. The molecule has 1 aromatic heterocycles. The Morgan fingerprint density at radius 3 is 2.58 bits per heavy atom. The monoisotopic (exact) mass is 258 g/mol. The Kier molecular flexibility index (Phi) is 3.92. The molecule has 2 amide bonds. The van der Waals surface area contributed by atoms with Crippen LogP contribution in [-0.2, 0) is 11.3 Å². The molecule has 0 aliphatic carbocycles. The Morgan fingerprint density at radius 2 is 2.00 bits per heavy atom. The first-order valence-electron chi connectivity index (χ1n) is 5.76. The number of carbonyl (C=O) groups excluding carboxylic acids is 2. The predicted molar refractivity (Wildman–Crippen MR) is 69.3 cm³/mol. The Labute approximate surface area is 110 Å². The van der Waals surface area contributed by atoms with Crippen LogP contribution < -0.4 is 11.1 Å². The van der Waals surface area contributed by atoms with Crippen molar-refractivity contribution in [2.75, 3.05) is 6.54 Å². The van der Waals surface area contributed by atoms with Gasteiger partial charge in [0.05, 0.1) is 12.9 Å². The van der Waals surface area contributed by atoms with E-state index in [-0.39, 0.29) is 12.5 Å². The number of hydrogen-bond acceptors (Lipinski definition) is 3. The van der Waals surface area contributed by atoms with E-state index < -0.39 is 5.91 Å². The fourth-order valence-electron chi connectivity index (χ4n) is 1.62. The normalized spacial score (nSPS) is 10.1. The third-order valence-electron chi connectivity index (χ3n) is 2.56. The molecule has 0 atom stereocenters. The van der Waals surface area contributed by atoms with Crippen LogP contribution in [0.25, 0.3) is 0 Å². The van der Waals surface area contributed by atoms with Gasteiger partial charge < -0.3 is 15.6 Å². The number of benzene rings is 1. The molecule has 6 heteroatoms. The quantitative estimate of drug-likeness (QED) is 0.799. The van der Waals surface area contributed by atoms with E-state index in [0.717, 1.165) is 5.56 Å². The topological polar surface area (TPSA) is 90.0 Å². The second-order valence-corrected chi connectivity index (χ2v) is 4.08. The molecule has 6 nitrogen and oxygen atoms in total. The molecule has 0 unspecified atom stereocenters. The van der Waals surface area contributed by atoms with E-state index in [1.807, 2.05) is 22.9 Å². The first-order valence-corrected chi connectivity index (χ1v) is 5.76. The van der Waals surface area contributed by atoms with Gasteiger partial charge in [0.2, 0.25) is 5.91 Å². The lowest BCUT2D eigenvalue weighted by atomic mass is 10.1. The van der Waals surface area contributed by atoms with Crippen molar-refractivity contribution in [3.8, 4) is 0 Å². The summed E-state index contributed by atoms with van der Waals surface area (Å²) in [6.07, 6.45) is 5.31. The number of imidazole rings is 1. The van der Waals surface area contributed by atoms with Crippen LogP contribution in [-0.4, -0.2) is 27.9 Å². The molecule has 0 saturated carbocycles. The van der Waals surface area contributed by atoms with Crippen LogP contribution in [0.2, 0.25) is 0 Å². The van der Waals surface area contributed by atoms with Crippen molar-refractivity contribution in [3.05, 3.63) is 54.1 Å². The maximum Gasteiger partial charge on any atom is 0.251 e. The van der Waals surface area contributed by atoms with E-state index in [9.17, 15) is 9.59 Å². The summed E-state index contributed by atoms with van der Waals surface area (Å²) in [5.41, 5.74) is 6.51. The fraction of sp³-hybridized carbons (Fsp3) is 0.154. The minimum absolute atomic E-state index is 0.157. The molecule has 0 saturated heterocycles. The van der Waals surface area contributed by atoms with Crippen LogP contribution in [0.5, 0.6) is 0 Å². The van der Waals surface area contributed by atoms with Gasteiger partial charge in [-0.1, -0.05) is 12.1 Å². The van der Waals surface area contributed by atoms with E-state index in [2.05, 4.69) is 10.3 Å². The van der Waals surface area contributed by atoms with Gasteiger partial charge in [-0.3, -0.25) is 9.59 Å². The zero-order chi connectivity index (χ0) is 13.7. The van der Waals surface area contributed by atoms with Gasteiger partial charge in [0.25, 0.3) is 5.91 Å². The van der Waals surface area contributed by atoms with Crippen LogP contribution in [0, 0.1) is 0 Å². The number of nitrogens with one attached hydrogen (secondary N) is 1. The molecule has 0 aliphatic heterocycles. The summed E-state index contributed by atoms with van der Waals surface area (Å²) in [6, 6.07) is 7.14. The summed E-state index contributed by atoms with van der Waals surface area (Å²) in [4.78, 5) is 26.2. The third-order valence-corrected chi connectivity index (χ3v) is 2.56. The minimum atomic E-state index is -0.565. The minimum Gasteiger partial charge on any atom is -0.368 e. The maximum absolute atomic E-state index is 11.6. The standard InChI is InChI=1S/C13H14N4O2/c14-12(18)7-16-13(19)11-3-1-10(2-4-11)8-17-6-5-15-9-17/h1-6,9H,7-8H2,(H2,14,18)(H,16,19). The number of nitrogens with two attached hydrogens (primary N) is 1. The highest BCUT2D eigenvalue weighted by Gasteiger charge is 2.06. The number of hydrogen-bond donors (Lipinski definition) is 2. The zero-order valence-corrected chi connectivity index (χ0v) is 10.2. The van der Waals surface area contributed by atoms with Crippen LogP contribution in [0.3, 0.4) is 0 Å². The molecule has 2 aromatic rings. The molecule has 19 heavy (non-hydrogen) atoms. The van der Waals surface area contributed by atoms with Gasteiger partial charge in [-0.15, -0.1) is 0 Å². The van der Waals surface area contributed by atoms with Crippen molar-refractivity contribution >= 4 is 11.8 Å². The number of rotatable bonds is 5. The van der Waals surface area contributed by atoms with Crippen molar-refractivity contribution in [2.24, 2.45) is 5.73 Å². The van der Waals surface area contributed by atoms with Gasteiger partial charge in [-0.2, -0.15) is 0 Å². The molecule has 0 spiro atoms. The number of primary amides is 1. The summed E-state index contributed by atoms with van der Waals surface area (Å²) in [5.74, 6) is -0.877. The summed E-state index contributed by atoms with van der Waals surface area (Å²) < 4.78 is 1.93. The Hall–Kier alpha value is -2.63. The molecule has 0 radical (unpaired) electrons. The maximum atomic E-state index is 11.6. The highest BCUT2D eigenvalue weighted by Crippen LogP contribution is 2.06. The SMILES string of the molecule is NC(=O)CNC(=O)c1ccc(Cn2ccnc2)cc1. The molecule has 0 fully saturated rings. The first-order chi connectivity index (χ1) is 9.15. The molecule has 0 bridgehead atoms. The number of amides is 2. The van der Waals surface area contributed by atoms with Crippen LogP contribution in [0.15, 0.2) is 43.0 Å². The summed E-state index contributed by atoms with van der Waals surface area (Å²) in [6.45, 7) is 0.540. The van der Waals surface area contributed by atoms with E-state index in [1.165, 1.54) is 0 Å². The summed E-state index contributed by atoms with van der Waals surface area (Å²) in [5, 5.41) is 2.43. The Morgan fingerprint density at radius 1 is 1.26 bits per heavy atom. The van der Waals surface area contributed by atoms with Crippen LogP contribution in [0.1, 0.15) is 15.9 Å². The van der Waals surface area contributed by atoms with Crippen LogP contribution in [0.4, 0.5) is 0 Å². The number of aromatic nitrogens is 2. The summed E-state index contributed by atoms with van der Waals surface area (Å²) >= 11 is 0. The molecule has 2 rings (SSSR count). The van der Waals surface area contributed by atoms with E-state index in [1.54, 1.807) is 24.7 Å². The second kappa shape index (κ2) is 5.81. The number of nitrogens with zero attached hydrogens (tertiary/aromatic N) is 2. The first kappa shape index (κ1) is 12.8. The van der Waals surface area contributed by atoms with Gasteiger partial charge in [0, 0.05) is 24.5 Å². The zero-order valence-electron chi connectivity index (χ0n) is 10.2. The number of carbonyl (C=O) groups is 2. The second-order valence-electron chi connectivity index (χ2n) is 4.08. The van der Waals surface area contributed by atoms with Crippen molar-refractivity contribution in [1.82, 2.24) is 14.9 Å². The Balaban J connectivity index is 1.98. The van der Waals surface area contributed by atoms with Gasteiger partial charge in [0.15, 0.2) is 0 Å². The smallest absolute Gasteiger partial charge is 0.251 e. The lowest BCUT2D eigenvalue weighted by Crippen LogP contribution is -2.33. The molecular formula is C13H14N4O2. The molecule has 0 aliphatic rings. The average molecular weight is 258 g/mol. The predicted octanol–water partition coefficient (Wildman–Crippen LogP) is 0.147. The fourth-order valence-corrected chi connectivity index (χ4v) is 1.62. The molecule has 98 valence electrons. The molecule has 1 heterocycles. The average Bonchev–Trinajstić information content (AvgIpc) is 2.89. The third kappa shape index (κ3) is 3.67. The molecular weight excluding hydrogens is 244 g/mol. The van der Waals surface area contributed by atoms with E-state index in [0.29, 0.717) is 12.1 Å². The van der Waals surface area contributed by atoms with Gasteiger partial charge >= 0.3 is 0 Å². The lowest BCUT2D eigenvalue weighted by Gasteiger charge is -2.05. The van der Waals surface area contributed by atoms with Crippen molar-refractivity contribution < 1.29 is 9.59 Å².